The van der Waals surface area contributed by atoms with Gasteiger partial charge in [0.1, 0.15) is 0 Å². The molecule has 1 aliphatic rings. The van der Waals surface area contributed by atoms with Crippen molar-refractivity contribution in [2.75, 3.05) is 23.3 Å². The van der Waals surface area contributed by atoms with Gasteiger partial charge in [-0.1, -0.05) is 35.9 Å². The molecule has 170 valence electrons. The predicted molar refractivity (Wildman–Crippen MR) is 125 cm³/mol. The van der Waals surface area contributed by atoms with Crippen LogP contribution in [0.2, 0.25) is 5.02 Å². The topological polar surface area (TPSA) is 52.6 Å². The van der Waals surface area contributed by atoms with E-state index in [0.29, 0.717) is 47.0 Å². The van der Waals surface area contributed by atoms with Gasteiger partial charge in [-0.3, -0.25) is 9.69 Å². The number of halogens is 3. The van der Waals surface area contributed by atoms with Crippen molar-refractivity contribution in [3.8, 4) is 0 Å². The number of nitrogens with one attached hydrogen (secondary N) is 1. The molecule has 3 aromatic rings. The summed E-state index contributed by atoms with van der Waals surface area (Å²) in [6.45, 7) is 2.99. The van der Waals surface area contributed by atoms with E-state index in [2.05, 4.69) is 5.32 Å². The average molecular weight is 470 g/mol. The Morgan fingerprint density at radius 2 is 1.82 bits per heavy atom. The molecule has 0 saturated carbocycles. The van der Waals surface area contributed by atoms with E-state index >= 15 is 0 Å². The molecule has 1 saturated heterocycles. The Kier molecular flexibility index (Phi) is 6.60. The van der Waals surface area contributed by atoms with Gasteiger partial charge >= 0.3 is 6.03 Å². The number of amides is 3. The Bertz CT molecular complexity index is 1220. The van der Waals surface area contributed by atoms with Crippen molar-refractivity contribution < 1.29 is 18.4 Å². The summed E-state index contributed by atoms with van der Waals surface area (Å²) in [6.07, 6.45) is 0.682. The number of carbonyl (C=O) groups excluding carboxylic acids is 2. The number of aryl methyl sites for hydroxylation is 1. The van der Waals surface area contributed by atoms with Crippen LogP contribution in [0.15, 0.2) is 60.7 Å². The summed E-state index contributed by atoms with van der Waals surface area (Å²) in [5.41, 5.74) is 2.79. The van der Waals surface area contributed by atoms with Gasteiger partial charge in [-0.05, 0) is 60.9 Å². The fourth-order valence-electron chi connectivity index (χ4n) is 3.83. The summed E-state index contributed by atoms with van der Waals surface area (Å²) in [6, 6.07) is 15.5. The van der Waals surface area contributed by atoms with Crippen molar-refractivity contribution in [3.05, 3.63) is 94.0 Å². The maximum atomic E-state index is 13.6. The van der Waals surface area contributed by atoms with Gasteiger partial charge in [0.05, 0.1) is 22.0 Å². The third kappa shape index (κ3) is 4.98. The number of anilines is 2. The van der Waals surface area contributed by atoms with E-state index in [-0.39, 0.29) is 18.5 Å². The lowest BCUT2D eigenvalue weighted by Gasteiger charge is -2.36. The highest BCUT2D eigenvalue weighted by molar-refractivity contribution is 6.34. The van der Waals surface area contributed by atoms with Crippen molar-refractivity contribution in [2.45, 2.75) is 19.9 Å². The average Bonchev–Trinajstić information content (AvgIpc) is 2.78. The minimum atomic E-state index is -0.947. The summed E-state index contributed by atoms with van der Waals surface area (Å²) in [5, 5.41) is 3.21. The lowest BCUT2D eigenvalue weighted by molar-refractivity contribution is 0.102. The summed E-state index contributed by atoms with van der Waals surface area (Å²) in [4.78, 5) is 29.3. The number of benzene rings is 3. The number of carbonyl (C=O) groups is 2. The molecule has 0 spiro atoms. The zero-order valence-corrected chi connectivity index (χ0v) is 18.7. The van der Waals surface area contributed by atoms with Crippen LogP contribution in [0.5, 0.6) is 0 Å². The summed E-state index contributed by atoms with van der Waals surface area (Å²) < 4.78 is 26.9. The van der Waals surface area contributed by atoms with E-state index < -0.39 is 11.6 Å². The first kappa shape index (κ1) is 22.7. The van der Waals surface area contributed by atoms with Crippen LogP contribution in [0, 0.1) is 18.6 Å². The van der Waals surface area contributed by atoms with E-state index in [9.17, 15) is 18.4 Å². The van der Waals surface area contributed by atoms with Crippen molar-refractivity contribution >= 4 is 34.9 Å². The van der Waals surface area contributed by atoms with Crippen molar-refractivity contribution in [2.24, 2.45) is 0 Å². The van der Waals surface area contributed by atoms with Gasteiger partial charge in [-0.25, -0.2) is 13.6 Å². The highest BCUT2D eigenvalue weighted by atomic mass is 35.5. The van der Waals surface area contributed by atoms with E-state index in [1.807, 2.05) is 13.0 Å². The third-order valence-electron chi connectivity index (χ3n) is 5.48. The fraction of sp³-hybridized carbons (Fsp3) is 0.200. The van der Waals surface area contributed by atoms with Crippen LogP contribution in [-0.2, 0) is 6.54 Å². The SMILES string of the molecule is Cc1ccc(N2CCCN(Cc3ccc(F)c(F)c3)C2=O)c(NC(=O)c2ccccc2Cl)c1. The molecule has 1 heterocycles. The lowest BCUT2D eigenvalue weighted by atomic mass is 10.1. The number of nitrogens with zero attached hydrogens (tertiary/aromatic N) is 2. The highest BCUT2D eigenvalue weighted by Gasteiger charge is 2.29. The monoisotopic (exact) mass is 469 g/mol. The minimum Gasteiger partial charge on any atom is -0.320 e. The molecule has 1 fully saturated rings. The molecule has 0 aromatic heterocycles. The Hall–Kier alpha value is -3.45. The number of rotatable bonds is 5. The van der Waals surface area contributed by atoms with Gasteiger partial charge in [0, 0.05) is 19.6 Å². The zero-order valence-electron chi connectivity index (χ0n) is 17.9. The van der Waals surface area contributed by atoms with Gasteiger partial charge in [0.15, 0.2) is 11.6 Å². The van der Waals surface area contributed by atoms with E-state index in [1.54, 1.807) is 46.2 Å². The Morgan fingerprint density at radius 3 is 2.58 bits per heavy atom. The molecule has 4 rings (SSSR count). The standard InChI is InChI=1S/C25H22ClF2N3O2/c1-16-7-10-23(22(13-16)29-24(32)18-5-2-3-6-19(18)26)31-12-4-11-30(25(31)33)15-17-8-9-20(27)21(28)14-17/h2-3,5-10,13-14H,4,11-12,15H2,1H3,(H,29,32). The first-order chi connectivity index (χ1) is 15.8. The molecule has 0 radical (unpaired) electrons. The fourth-order valence-corrected chi connectivity index (χ4v) is 4.05. The van der Waals surface area contributed by atoms with Gasteiger partial charge in [0.2, 0.25) is 0 Å². The molecule has 33 heavy (non-hydrogen) atoms. The van der Waals surface area contributed by atoms with Gasteiger partial charge in [-0.2, -0.15) is 0 Å². The number of urea groups is 1. The largest absolute Gasteiger partial charge is 0.324 e. The normalized spacial score (nSPS) is 13.9. The lowest BCUT2D eigenvalue weighted by Crippen LogP contribution is -2.49. The van der Waals surface area contributed by atoms with Crippen LogP contribution >= 0.6 is 11.6 Å². The van der Waals surface area contributed by atoms with Crippen LogP contribution in [0.25, 0.3) is 0 Å². The second kappa shape index (κ2) is 9.58. The van der Waals surface area contributed by atoms with E-state index in [1.165, 1.54) is 6.07 Å². The smallest absolute Gasteiger partial charge is 0.320 e. The minimum absolute atomic E-state index is 0.152. The first-order valence-corrected chi connectivity index (χ1v) is 10.9. The van der Waals surface area contributed by atoms with Crippen molar-refractivity contribution in [1.29, 1.82) is 0 Å². The highest BCUT2D eigenvalue weighted by Crippen LogP contribution is 2.31. The van der Waals surface area contributed by atoms with Gasteiger partial charge < -0.3 is 10.2 Å². The zero-order chi connectivity index (χ0) is 23.5. The van der Waals surface area contributed by atoms with Crippen LogP contribution in [0.3, 0.4) is 0 Å². The van der Waals surface area contributed by atoms with Crippen molar-refractivity contribution in [1.82, 2.24) is 4.90 Å². The van der Waals surface area contributed by atoms with E-state index in [4.69, 9.17) is 11.6 Å². The first-order valence-electron chi connectivity index (χ1n) is 10.5. The molecule has 3 aromatic carbocycles. The van der Waals surface area contributed by atoms with Gasteiger partial charge in [-0.15, -0.1) is 0 Å². The quantitative estimate of drug-likeness (QED) is 0.497. The summed E-state index contributed by atoms with van der Waals surface area (Å²) >= 11 is 6.16. The molecule has 0 unspecified atom stereocenters. The van der Waals surface area contributed by atoms with Crippen LogP contribution in [0.4, 0.5) is 25.0 Å². The maximum Gasteiger partial charge on any atom is 0.324 e. The third-order valence-corrected chi connectivity index (χ3v) is 5.81. The number of hydrogen-bond acceptors (Lipinski definition) is 2. The van der Waals surface area contributed by atoms with Crippen LogP contribution in [0.1, 0.15) is 27.9 Å². The molecular formula is C25H22ClF2N3O2. The Balaban J connectivity index is 1.59. The Labute approximate surface area is 195 Å². The molecule has 0 atom stereocenters. The maximum absolute atomic E-state index is 13.6. The predicted octanol–water partition coefficient (Wildman–Crippen LogP) is 6.01. The van der Waals surface area contributed by atoms with Crippen molar-refractivity contribution in [3.63, 3.8) is 0 Å². The molecule has 5 nitrogen and oxygen atoms in total. The van der Waals surface area contributed by atoms with E-state index in [0.717, 1.165) is 17.7 Å². The molecule has 8 heteroatoms. The summed E-state index contributed by atoms with van der Waals surface area (Å²) in [5.74, 6) is -2.25. The molecule has 3 amide bonds. The van der Waals surface area contributed by atoms with Crippen LogP contribution < -0.4 is 10.2 Å². The van der Waals surface area contributed by atoms with Gasteiger partial charge in [0.25, 0.3) is 5.91 Å². The molecule has 1 N–H and O–H groups in total. The second-order valence-corrected chi connectivity index (χ2v) is 8.32. The number of hydrogen-bond donors (Lipinski definition) is 1. The second-order valence-electron chi connectivity index (χ2n) is 7.91. The Morgan fingerprint density at radius 1 is 1.03 bits per heavy atom. The van der Waals surface area contributed by atoms with Crippen LogP contribution in [-0.4, -0.2) is 29.9 Å². The molecule has 1 aliphatic heterocycles. The molecular weight excluding hydrogens is 448 g/mol. The molecule has 0 aliphatic carbocycles. The molecule has 0 bridgehead atoms. The summed E-state index contributed by atoms with van der Waals surface area (Å²) in [7, 11) is 0.